The van der Waals surface area contributed by atoms with E-state index in [1.807, 2.05) is 20.8 Å². The fourth-order valence-electron chi connectivity index (χ4n) is 1.92. The molecule has 2 N–H and O–H groups in total. The highest BCUT2D eigenvalue weighted by Crippen LogP contribution is 2.11. The van der Waals surface area contributed by atoms with Crippen LogP contribution in [0.15, 0.2) is 0 Å². The fraction of sp³-hybridized carbons (Fsp3) is 0.857. The maximum absolute atomic E-state index is 11.9. The smallest absolute Gasteiger partial charge is 0.317 e. The predicted octanol–water partition coefficient (Wildman–Crippen LogP) is 2.56. The molecular weight excluding hydrogens is 244 g/mol. The number of carboxylic acid groups (broad SMARTS) is 1. The van der Waals surface area contributed by atoms with Crippen LogP contribution in [0.25, 0.3) is 0 Å². The van der Waals surface area contributed by atoms with Crippen molar-refractivity contribution in [2.75, 3.05) is 19.6 Å². The Kier molecular flexibility index (Phi) is 9.00. The van der Waals surface area contributed by atoms with Gasteiger partial charge in [0.15, 0.2) is 0 Å². The van der Waals surface area contributed by atoms with Gasteiger partial charge in [-0.1, -0.05) is 27.2 Å². The topological polar surface area (TPSA) is 69.6 Å². The number of hydrogen-bond acceptors (Lipinski definition) is 2. The van der Waals surface area contributed by atoms with Crippen LogP contribution >= 0.6 is 0 Å². The highest BCUT2D eigenvalue weighted by Gasteiger charge is 2.20. The summed E-state index contributed by atoms with van der Waals surface area (Å²) in [6.45, 7) is 9.55. The van der Waals surface area contributed by atoms with Gasteiger partial charge in [0.2, 0.25) is 0 Å². The standard InChI is InChI=1S/C14H28N2O3/c1-5-7-8-16(6-2)14(19)15-10-12(13(17)18)9-11(3)4/h11-12H,5-10H2,1-4H3,(H,15,19)(H,17,18). The third-order valence-electron chi connectivity index (χ3n) is 3.06. The number of hydrogen-bond donors (Lipinski definition) is 2. The zero-order chi connectivity index (χ0) is 14.8. The van der Waals surface area contributed by atoms with Crippen LogP contribution < -0.4 is 5.32 Å². The van der Waals surface area contributed by atoms with Gasteiger partial charge < -0.3 is 15.3 Å². The molecule has 19 heavy (non-hydrogen) atoms. The molecule has 0 radical (unpaired) electrons. The van der Waals surface area contributed by atoms with Crippen LogP contribution in [0.4, 0.5) is 4.79 Å². The van der Waals surface area contributed by atoms with Crippen molar-refractivity contribution in [1.29, 1.82) is 0 Å². The van der Waals surface area contributed by atoms with Crippen molar-refractivity contribution in [3.63, 3.8) is 0 Å². The molecule has 0 heterocycles. The zero-order valence-corrected chi connectivity index (χ0v) is 12.6. The molecule has 0 saturated carbocycles. The van der Waals surface area contributed by atoms with E-state index in [1.165, 1.54) is 0 Å². The lowest BCUT2D eigenvalue weighted by Gasteiger charge is -2.23. The molecule has 0 aromatic rings. The van der Waals surface area contributed by atoms with E-state index in [1.54, 1.807) is 4.90 Å². The molecule has 0 spiro atoms. The SMILES string of the molecule is CCCCN(CC)C(=O)NCC(CC(C)C)C(=O)O. The summed E-state index contributed by atoms with van der Waals surface area (Å²) in [7, 11) is 0. The molecule has 0 bridgehead atoms. The third kappa shape index (κ3) is 7.70. The van der Waals surface area contributed by atoms with Crippen LogP contribution in [-0.4, -0.2) is 41.6 Å². The number of amides is 2. The van der Waals surface area contributed by atoms with Crippen molar-refractivity contribution in [3.8, 4) is 0 Å². The lowest BCUT2D eigenvalue weighted by atomic mass is 9.97. The minimum Gasteiger partial charge on any atom is -0.481 e. The Morgan fingerprint density at radius 3 is 2.32 bits per heavy atom. The third-order valence-corrected chi connectivity index (χ3v) is 3.06. The summed E-state index contributed by atoms with van der Waals surface area (Å²) < 4.78 is 0. The van der Waals surface area contributed by atoms with E-state index in [-0.39, 0.29) is 12.6 Å². The Labute approximate surface area is 116 Å². The van der Waals surface area contributed by atoms with Crippen LogP contribution in [0.5, 0.6) is 0 Å². The minimum absolute atomic E-state index is 0.161. The molecule has 2 amide bonds. The molecular formula is C14H28N2O3. The van der Waals surface area contributed by atoms with Crippen molar-refractivity contribution >= 4 is 12.0 Å². The Balaban J connectivity index is 4.25. The zero-order valence-electron chi connectivity index (χ0n) is 12.6. The lowest BCUT2D eigenvalue weighted by molar-refractivity contribution is -0.142. The summed E-state index contributed by atoms with van der Waals surface area (Å²) >= 11 is 0. The lowest BCUT2D eigenvalue weighted by Crippen LogP contribution is -2.43. The number of urea groups is 1. The molecule has 0 rings (SSSR count). The monoisotopic (exact) mass is 272 g/mol. The quantitative estimate of drug-likeness (QED) is 0.677. The van der Waals surface area contributed by atoms with Gasteiger partial charge in [-0.2, -0.15) is 0 Å². The normalized spacial score (nSPS) is 12.3. The molecule has 0 aromatic carbocycles. The number of rotatable bonds is 9. The molecule has 0 saturated heterocycles. The Morgan fingerprint density at radius 1 is 1.26 bits per heavy atom. The van der Waals surface area contributed by atoms with Gasteiger partial charge in [0.1, 0.15) is 0 Å². The molecule has 5 nitrogen and oxygen atoms in total. The van der Waals surface area contributed by atoms with Crippen molar-refractivity contribution in [3.05, 3.63) is 0 Å². The number of carbonyl (C=O) groups is 2. The highest BCUT2D eigenvalue weighted by molar-refractivity contribution is 5.76. The minimum atomic E-state index is -0.842. The van der Waals surface area contributed by atoms with Crippen molar-refractivity contribution < 1.29 is 14.7 Å². The van der Waals surface area contributed by atoms with E-state index in [0.29, 0.717) is 18.9 Å². The number of aliphatic carboxylic acids is 1. The Hall–Kier alpha value is -1.26. The van der Waals surface area contributed by atoms with Gasteiger partial charge in [-0.3, -0.25) is 4.79 Å². The first-order valence-corrected chi connectivity index (χ1v) is 7.17. The second-order valence-corrected chi connectivity index (χ2v) is 5.28. The molecule has 112 valence electrons. The first-order chi connectivity index (χ1) is 8.92. The number of unbranched alkanes of at least 4 members (excludes halogenated alkanes) is 1. The van der Waals surface area contributed by atoms with Crippen molar-refractivity contribution in [1.82, 2.24) is 10.2 Å². The maximum Gasteiger partial charge on any atom is 0.317 e. The highest BCUT2D eigenvalue weighted by atomic mass is 16.4. The summed E-state index contributed by atoms with van der Waals surface area (Å²) in [6, 6.07) is -0.161. The first-order valence-electron chi connectivity index (χ1n) is 7.17. The molecule has 0 aliphatic carbocycles. The van der Waals surface area contributed by atoms with Crippen molar-refractivity contribution in [2.24, 2.45) is 11.8 Å². The predicted molar refractivity (Wildman–Crippen MR) is 76.1 cm³/mol. The van der Waals surface area contributed by atoms with Crippen LogP contribution in [0.1, 0.15) is 47.0 Å². The van der Waals surface area contributed by atoms with Crippen LogP contribution in [0.2, 0.25) is 0 Å². The van der Waals surface area contributed by atoms with Crippen LogP contribution in [0.3, 0.4) is 0 Å². The van der Waals surface area contributed by atoms with Gasteiger partial charge >= 0.3 is 12.0 Å². The number of carboxylic acids is 1. The molecule has 0 aromatic heterocycles. The van der Waals surface area contributed by atoms with Gasteiger partial charge in [-0.25, -0.2) is 4.79 Å². The Morgan fingerprint density at radius 2 is 1.89 bits per heavy atom. The summed E-state index contributed by atoms with van der Waals surface area (Å²) in [4.78, 5) is 24.7. The second-order valence-electron chi connectivity index (χ2n) is 5.28. The number of nitrogens with zero attached hydrogens (tertiary/aromatic N) is 1. The molecule has 1 unspecified atom stereocenters. The van der Waals surface area contributed by atoms with Gasteiger partial charge in [0.25, 0.3) is 0 Å². The van der Waals surface area contributed by atoms with E-state index >= 15 is 0 Å². The molecule has 1 atom stereocenters. The van der Waals surface area contributed by atoms with E-state index < -0.39 is 11.9 Å². The largest absolute Gasteiger partial charge is 0.481 e. The van der Waals surface area contributed by atoms with Crippen LogP contribution in [-0.2, 0) is 4.79 Å². The first kappa shape index (κ1) is 17.7. The van der Waals surface area contributed by atoms with Crippen molar-refractivity contribution in [2.45, 2.75) is 47.0 Å². The van der Waals surface area contributed by atoms with Gasteiger partial charge in [-0.15, -0.1) is 0 Å². The summed E-state index contributed by atoms with van der Waals surface area (Å²) in [6.07, 6.45) is 2.58. The van der Waals surface area contributed by atoms with Gasteiger partial charge in [-0.05, 0) is 25.7 Å². The summed E-state index contributed by atoms with van der Waals surface area (Å²) in [5.41, 5.74) is 0. The average Bonchev–Trinajstić information content (AvgIpc) is 2.34. The number of nitrogens with one attached hydrogen (secondary N) is 1. The fourth-order valence-corrected chi connectivity index (χ4v) is 1.92. The van der Waals surface area contributed by atoms with E-state index in [2.05, 4.69) is 12.2 Å². The van der Waals surface area contributed by atoms with Gasteiger partial charge in [0.05, 0.1) is 5.92 Å². The van der Waals surface area contributed by atoms with Gasteiger partial charge in [0, 0.05) is 19.6 Å². The van der Waals surface area contributed by atoms with E-state index in [0.717, 1.165) is 19.4 Å². The Bertz CT molecular complexity index is 280. The summed E-state index contributed by atoms with van der Waals surface area (Å²) in [5.74, 6) is -1.04. The second kappa shape index (κ2) is 9.64. The van der Waals surface area contributed by atoms with Crippen LogP contribution in [0, 0.1) is 11.8 Å². The average molecular weight is 272 g/mol. The summed E-state index contributed by atoms with van der Waals surface area (Å²) in [5, 5.41) is 11.8. The molecule has 0 aliphatic heterocycles. The molecule has 0 aliphatic rings. The molecule has 5 heteroatoms. The number of carbonyl (C=O) groups excluding carboxylic acids is 1. The maximum atomic E-state index is 11.9. The van der Waals surface area contributed by atoms with E-state index in [9.17, 15) is 9.59 Å². The van der Waals surface area contributed by atoms with E-state index in [4.69, 9.17) is 5.11 Å². The molecule has 0 fully saturated rings.